The molecule has 0 aliphatic rings. The lowest BCUT2D eigenvalue weighted by Crippen LogP contribution is -2.35. The predicted molar refractivity (Wildman–Crippen MR) is 91.7 cm³/mol. The molecule has 0 fully saturated rings. The Kier molecular flexibility index (Phi) is 5.94. The largest absolute Gasteiger partial charge is 0.363 e. The van der Waals surface area contributed by atoms with E-state index in [-0.39, 0.29) is 0 Å². The van der Waals surface area contributed by atoms with Crippen molar-refractivity contribution < 1.29 is 0 Å². The van der Waals surface area contributed by atoms with E-state index in [2.05, 4.69) is 40.7 Å². The number of aromatic nitrogens is 4. The minimum Gasteiger partial charge on any atom is -0.363 e. The van der Waals surface area contributed by atoms with Crippen LogP contribution in [0.2, 0.25) is 0 Å². The highest BCUT2D eigenvalue weighted by molar-refractivity contribution is 7.80. The van der Waals surface area contributed by atoms with Gasteiger partial charge in [-0.15, -0.1) is 0 Å². The average molecular weight is 320 g/mol. The molecule has 2 heterocycles. The van der Waals surface area contributed by atoms with E-state index in [0.717, 1.165) is 37.3 Å². The lowest BCUT2D eigenvalue weighted by atomic mass is 10.3. The van der Waals surface area contributed by atoms with Gasteiger partial charge in [0.15, 0.2) is 5.11 Å². The molecule has 0 aromatic carbocycles. The Hall–Kier alpha value is -1.89. The van der Waals surface area contributed by atoms with E-state index in [0.29, 0.717) is 11.7 Å². The highest BCUT2D eigenvalue weighted by Crippen LogP contribution is 2.02. The zero-order valence-electron chi connectivity index (χ0n) is 13.5. The van der Waals surface area contributed by atoms with E-state index in [9.17, 15) is 0 Å². The van der Waals surface area contributed by atoms with E-state index in [1.165, 1.54) is 5.69 Å². The Labute approximate surface area is 136 Å². The first-order valence-electron chi connectivity index (χ1n) is 7.62. The molecule has 0 atom stereocenters. The standard InChI is InChI=1S/C15H24N6S/c1-4-20-11-14(10-18-20)9-17-15(22)16-6-5-7-21-13(3)8-12(2)19-21/h8,10-11H,4-7,9H2,1-3H3,(H2,16,17,22). The maximum atomic E-state index is 5.28. The first-order chi connectivity index (χ1) is 10.6. The van der Waals surface area contributed by atoms with Crippen molar-refractivity contribution in [2.75, 3.05) is 6.54 Å². The van der Waals surface area contributed by atoms with Crippen LogP contribution in [0, 0.1) is 13.8 Å². The van der Waals surface area contributed by atoms with Crippen molar-refractivity contribution >= 4 is 17.3 Å². The molecule has 7 heteroatoms. The maximum Gasteiger partial charge on any atom is 0.166 e. The minimum atomic E-state index is 0.678. The number of thiocarbonyl (C=S) groups is 1. The highest BCUT2D eigenvalue weighted by Gasteiger charge is 2.01. The van der Waals surface area contributed by atoms with Crippen molar-refractivity contribution in [3.05, 3.63) is 35.4 Å². The Morgan fingerprint density at radius 3 is 2.77 bits per heavy atom. The monoisotopic (exact) mass is 320 g/mol. The van der Waals surface area contributed by atoms with E-state index in [1.807, 2.05) is 28.7 Å². The molecule has 0 unspecified atom stereocenters. The number of hydrogen-bond acceptors (Lipinski definition) is 3. The van der Waals surface area contributed by atoms with E-state index in [1.54, 1.807) is 0 Å². The summed E-state index contributed by atoms with van der Waals surface area (Å²) in [4.78, 5) is 0. The highest BCUT2D eigenvalue weighted by atomic mass is 32.1. The van der Waals surface area contributed by atoms with Crippen LogP contribution in [0.4, 0.5) is 0 Å². The molecule has 22 heavy (non-hydrogen) atoms. The van der Waals surface area contributed by atoms with Crippen LogP contribution in [0.15, 0.2) is 18.5 Å². The fourth-order valence-electron chi connectivity index (χ4n) is 2.25. The van der Waals surface area contributed by atoms with Crippen molar-refractivity contribution in [1.29, 1.82) is 0 Å². The van der Waals surface area contributed by atoms with Crippen LogP contribution in [0.5, 0.6) is 0 Å². The molecule has 0 amide bonds. The smallest absolute Gasteiger partial charge is 0.166 e. The molecule has 0 aliphatic heterocycles. The Balaban J connectivity index is 1.62. The van der Waals surface area contributed by atoms with Gasteiger partial charge in [-0.05, 0) is 45.5 Å². The zero-order valence-corrected chi connectivity index (χ0v) is 14.3. The van der Waals surface area contributed by atoms with Crippen molar-refractivity contribution in [1.82, 2.24) is 30.2 Å². The minimum absolute atomic E-state index is 0.678. The number of rotatable bonds is 7. The third-order valence-electron chi connectivity index (χ3n) is 3.40. The molecule has 0 radical (unpaired) electrons. The van der Waals surface area contributed by atoms with Crippen LogP contribution >= 0.6 is 12.2 Å². The molecule has 2 aromatic rings. The normalized spacial score (nSPS) is 10.7. The molecule has 2 rings (SSSR count). The third kappa shape index (κ3) is 4.84. The van der Waals surface area contributed by atoms with Gasteiger partial charge in [-0.25, -0.2) is 0 Å². The summed E-state index contributed by atoms with van der Waals surface area (Å²) >= 11 is 5.28. The van der Waals surface area contributed by atoms with Crippen LogP contribution in [-0.2, 0) is 19.6 Å². The van der Waals surface area contributed by atoms with Gasteiger partial charge in [-0.2, -0.15) is 10.2 Å². The zero-order chi connectivity index (χ0) is 15.9. The number of hydrogen-bond donors (Lipinski definition) is 2. The first-order valence-corrected chi connectivity index (χ1v) is 8.03. The second-order valence-corrected chi connectivity index (χ2v) is 5.73. The van der Waals surface area contributed by atoms with Crippen LogP contribution in [0.3, 0.4) is 0 Å². The van der Waals surface area contributed by atoms with Gasteiger partial charge in [0, 0.05) is 43.6 Å². The quantitative estimate of drug-likeness (QED) is 0.601. The average Bonchev–Trinajstić information content (AvgIpc) is 3.07. The summed E-state index contributed by atoms with van der Waals surface area (Å²) in [5.74, 6) is 0. The van der Waals surface area contributed by atoms with Gasteiger partial charge in [0.1, 0.15) is 0 Å². The van der Waals surface area contributed by atoms with Gasteiger partial charge < -0.3 is 10.6 Å². The molecular weight excluding hydrogens is 296 g/mol. The third-order valence-corrected chi connectivity index (χ3v) is 3.69. The Bertz CT molecular complexity index is 615. The summed E-state index contributed by atoms with van der Waals surface area (Å²) in [6, 6.07) is 2.09. The summed E-state index contributed by atoms with van der Waals surface area (Å²) in [6.07, 6.45) is 4.87. The molecule has 0 saturated carbocycles. The molecule has 0 saturated heterocycles. The molecular formula is C15H24N6S. The van der Waals surface area contributed by atoms with Gasteiger partial charge in [0.2, 0.25) is 0 Å². The fraction of sp³-hybridized carbons (Fsp3) is 0.533. The topological polar surface area (TPSA) is 59.7 Å². The summed E-state index contributed by atoms with van der Waals surface area (Å²) < 4.78 is 3.94. The molecule has 120 valence electrons. The van der Waals surface area contributed by atoms with Crippen LogP contribution < -0.4 is 10.6 Å². The summed E-state index contributed by atoms with van der Waals surface area (Å²) in [7, 11) is 0. The van der Waals surface area contributed by atoms with E-state index < -0.39 is 0 Å². The fourth-order valence-corrected chi connectivity index (χ4v) is 2.42. The predicted octanol–water partition coefficient (Wildman–Crippen LogP) is 1.77. The van der Waals surface area contributed by atoms with Crippen molar-refractivity contribution in [2.45, 2.75) is 46.8 Å². The van der Waals surface area contributed by atoms with Crippen molar-refractivity contribution in [3.8, 4) is 0 Å². The van der Waals surface area contributed by atoms with Gasteiger partial charge in [-0.1, -0.05) is 0 Å². The van der Waals surface area contributed by atoms with Crippen LogP contribution in [-0.4, -0.2) is 31.2 Å². The lowest BCUT2D eigenvalue weighted by Gasteiger charge is -2.10. The maximum absolute atomic E-state index is 5.28. The SMILES string of the molecule is CCn1cc(CNC(=S)NCCCn2nc(C)cc2C)cn1. The molecule has 0 bridgehead atoms. The molecule has 0 aliphatic carbocycles. The van der Waals surface area contributed by atoms with Crippen molar-refractivity contribution in [2.24, 2.45) is 0 Å². The van der Waals surface area contributed by atoms with E-state index in [4.69, 9.17) is 12.2 Å². The molecule has 0 spiro atoms. The van der Waals surface area contributed by atoms with Crippen LogP contribution in [0.25, 0.3) is 0 Å². The summed E-state index contributed by atoms with van der Waals surface area (Å²) in [5, 5.41) is 15.8. The van der Waals surface area contributed by atoms with Crippen LogP contribution in [0.1, 0.15) is 30.3 Å². The molecule has 2 N–H and O–H groups in total. The first kappa shape index (κ1) is 16.5. The lowest BCUT2D eigenvalue weighted by molar-refractivity contribution is 0.556. The molecule has 6 nitrogen and oxygen atoms in total. The Morgan fingerprint density at radius 1 is 1.32 bits per heavy atom. The van der Waals surface area contributed by atoms with Gasteiger partial charge in [-0.3, -0.25) is 9.36 Å². The number of nitrogens with one attached hydrogen (secondary N) is 2. The van der Waals surface area contributed by atoms with Gasteiger partial charge in [0.05, 0.1) is 11.9 Å². The second-order valence-electron chi connectivity index (χ2n) is 5.32. The van der Waals surface area contributed by atoms with Gasteiger partial charge >= 0.3 is 0 Å². The molecule has 2 aromatic heterocycles. The summed E-state index contributed by atoms with van der Waals surface area (Å²) in [5.41, 5.74) is 3.40. The number of nitrogens with zero attached hydrogens (tertiary/aromatic N) is 4. The van der Waals surface area contributed by atoms with E-state index >= 15 is 0 Å². The Morgan fingerprint density at radius 2 is 2.14 bits per heavy atom. The van der Waals surface area contributed by atoms with Gasteiger partial charge in [0.25, 0.3) is 0 Å². The second kappa shape index (κ2) is 7.93. The number of aryl methyl sites for hydroxylation is 4. The summed E-state index contributed by atoms with van der Waals surface area (Å²) in [6.45, 7) is 9.48. The van der Waals surface area contributed by atoms with Crippen molar-refractivity contribution in [3.63, 3.8) is 0 Å².